The number of halogens is 17. The molecule has 0 atom stereocenters. The summed E-state index contributed by atoms with van der Waals surface area (Å²) in [6.07, 6.45) is -9.27. The Bertz CT molecular complexity index is 4300. The summed E-state index contributed by atoms with van der Waals surface area (Å²) >= 11 is 30.6. The van der Waals surface area contributed by atoms with E-state index in [1.807, 2.05) is 0 Å². The van der Waals surface area contributed by atoms with Crippen LogP contribution in [0.5, 0.6) is 28.7 Å². The Morgan fingerprint density at radius 3 is 1.13 bits per heavy atom. The molecule has 9 aromatic carbocycles. The van der Waals surface area contributed by atoms with Gasteiger partial charge in [-0.15, -0.1) is 0 Å². The van der Waals surface area contributed by atoms with Crippen molar-refractivity contribution in [2.75, 3.05) is 14.2 Å². The van der Waals surface area contributed by atoms with Crippen LogP contribution in [-0.2, 0) is 55.4 Å². The van der Waals surface area contributed by atoms with Crippen molar-refractivity contribution in [3.63, 3.8) is 0 Å². The number of carbonyl (C=O) groups excluding carboxylic acids is 9. The molecule has 0 bridgehead atoms. The molecule has 16 nitrogen and oxygen atoms in total. The van der Waals surface area contributed by atoms with Crippen LogP contribution in [0.15, 0.2) is 158 Å². The van der Waals surface area contributed by atoms with Gasteiger partial charge >= 0.3 is 30.4 Å². The molecule has 0 saturated carbocycles. The fourth-order valence-corrected chi connectivity index (χ4v) is 9.05. The van der Waals surface area contributed by atoms with Gasteiger partial charge in [-0.1, -0.05) is 112 Å². The van der Waals surface area contributed by atoms with E-state index in [-0.39, 0.29) is 298 Å². The average Bonchev–Trinajstić information content (AvgIpc) is 0.811. The van der Waals surface area contributed by atoms with Crippen LogP contribution in [0.4, 0.5) is 48.3 Å². The fourth-order valence-electron chi connectivity index (χ4n) is 7.54. The molecule has 0 heterocycles. The molecule has 0 spiro atoms. The maximum absolute atomic E-state index is 14.3. The van der Waals surface area contributed by atoms with Gasteiger partial charge < -0.3 is 33.2 Å². The molecule has 0 aliphatic carbocycles. The third-order valence-corrected chi connectivity index (χ3v) is 14.4. The molecule has 0 N–H and O–H groups in total. The number of para-hydroxylation sites is 1. The number of hydrogen-bond donors (Lipinski definition) is 0. The molecule has 38 heteroatoms. The Balaban J connectivity index is -0.000000587. The first-order valence-corrected chi connectivity index (χ1v) is 30.7. The van der Waals surface area contributed by atoms with Crippen LogP contribution < -0.4 is 23.7 Å². The predicted octanol–water partition coefficient (Wildman–Crippen LogP) is 19.6. The van der Waals surface area contributed by atoms with Crippen molar-refractivity contribution in [2.24, 2.45) is 0 Å². The summed E-state index contributed by atoms with van der Waals surface area (Å²) in [6, 6.07) is 37.7. The molecule has 0 aliphatic rings. The zero-order chi connectivity index (χ0) is 77.9. The molecular formula is C70H49Ar5Cl5F11IO16. The normalized spacial score (nSPS) is 9.55. The Kier molecular flexibility index (Phi) is 58.8. The fraction of sp³-hybridized carbons (Fsp3) is 0.114. The number of benzene rings is 9. The van der Waals surface area contributed by atoms with Gasteiger partial charge in [0.05, 0.1) is 61.6 Å². The van der Waals surface area contributed by atoms with E-state index in [0.717, 1.165) is 6.07 Å². The topological polar surface area (TPSA) is 218 Å². The number of alkyl halides is 6. The van der Waals surface area contributed by atoms with Gasteiger partial charge in [0.25, 0.3) is 32.4 Å². The monoisotopic (exact) mass is 1860 g/mol. The maximum Gasteiger partial charge on any atom is 0.416 e. The molecular weight excluding hydrogens is 1810 g/mol. The largest absolute Gasteiger partial charge is 0.465 e. The second kappa shape index (κ2) is 57.4. The minimum Gasteiger partial charge on any atom is -0.465 e. The van der Waals surface area contributed by atoms with Crippen molar-refractivity contribution in [2.45, 2.75) is 40.0 Å². The van der Waals surface area contributed by atoms with Gasteiger partial charge in [-0.05, 0) is 193 Å². The standard InChI is InChI=1S/2C15H10ClFO4.C9H6F6.2C8H6ClFO2.C7H4ClFO2.C7H7I.CO2.5Ar/c1-20-15(19)10-4-2-9(3-5-10)11-6-12(16)14(21-8-18)13(17)7-11;1-20-15(19)10-4-2-9(3-5-10)11-6-7-12(16)14(13(11)17)21-8-18;1-5-2-6(8(10,11)12)4-7(3-5)9(13,14)15;1-5-2-6(9)8(12-4-11)7(10)3-5;1-5-2-3-6(9)8(7(5)10)12-4-11;8-5-2-1-3-6(9)7(5)11-4-10;1-6-2-4-7(8)5-3-6;2-1-3;;;;;/h2*2-8H,1H3;2-4H,1H3;2*2-4H,1H3;1-4H;2-5H,1H3;;;;;;. The summed E-state index contributed by atoms with van der Waals surface area (Å²) in [7, 11) is 2.56. The molecule has 0 amide bonds. The van der Waals surface area contributed by atoms with Crippen molar-refractivity contribution in [3.8, 4) is 51.0 Å². The van der Waals surface area contributed by atoms with Crippen molar-refractivity contribution < 1.29 is 313 Å². The van der Waals surface area contributed by atoms with E-state index in [9.17, 15) is 81.9 Å². The molecule has 9 rings (SSSR count). The molecule has 108 heavy (non-hydrogen) atoms. The predicted molar refractivity (Wildman–Crippen MR) is 364 cm³/mol. The van der Waals surface area contributed by atoms with Crippen molar-refractivity contribution in [1.29, 1.82) is 0 Å². The minimum absolute atomic E-state index is 0. The van der Waals surface area contributed by atoms with Crippen LogP contribution in [0.2, 0.25) is 25.1 Å². The summed E-state index contributed by atoms with van der Waals surface area (Å²) in [5.74, 6) is -5.65. The van der Waals surface area contributed by atoms with E-state index >= 15 is 0 Å². The first-order valence-electron chi connectivity index (χ1n) is 27.7. The van der Waals surface area contributed by atoms with Crippen molar-refractivity contribution in [1.82, 2.24) is 0 Å². The van der Waals surface area contributed by atoms with Gasteiger partial charge in [-0.25, -0.2) is 31.5 Å². The molecule has 0 aromatic heterocycles. The number of ether oxygens (including phenoxy) is 7. The third kappa shape index (κ3) is 38.5. The summed E-state index contributed by atoms with van der Waals surface area (Å²) in [5.41, 5.74) is 2.33. The maximum atomic E-state index is 14.3. The molecule has 584 valence electrons. The van der Waals surface area contributed by atoms with Crippen LogP contribution in [0, 0.1) is 249 Å². The van der Waals surface area contributed by atoms with E-state index in [1.54, 1.807) is 50.2 Å². The average molecular weight is 1860 g/mol. The van der Waals surface area contributed by atoms with Crippen LogP contribution in [0.1, 0.15) is 54.1 Å². The van der Waals surface area contributed by atoms with Gasteiger partial charge in [0, 0.05) is 198 Å². The Morgan fingerprint density at radius 1 is 0.389 bits per heavy atom. The number of rotatable bonds is 14. The molecule has 0 radical (unpaired) electrons. The second-order valence-electron chi connectivity index (χ2n) is 19.3. The Labute approximate surface area is 797 Å². The zero-order valence-corrected chi connectivity index (χ0v) is 64.6. The van der Waals surface area contributed by atoms with Crippen molar-refractivity contribution >= 4 is 131 Å². The van der Waals surface area contributed by atoms with E-state index < -0.39 is 64.5 Å². The van der Waals surface area contributed by atoms with Gasteiger partial charge in [0.2, 0.25) is 0 Å². The van der Waals surface area contributed by atoms with E-state index in [1.165, 1.54) is 103 Å². The Hall–Kier alpha value is -3.64. The molecule has 0 saturated heterocycles. The molecule has 9 aromatic rings. The van der Waals surface area contributed by atoms with Crippen molar-refractivity contribution in [3.05, 3.63) is 260 Å². The summed E-state index contributed by atoms with van der Waals surface area (Å²) in [4.78, 5) is 89.3. The van der Waals surface area contributed by atoms with Gasteiger partial charge in [0.15, 0.2) is 57.8 Å². The van der Waals surface area contributed by atoms with Gasteiger partial charge in [0.1, 0.15) is 0 Å². The number of methoxy groups -OCH3 is 2. The zero-order valence-electron chi connectivity index (χ0n) is 55.1. The number of esters is 2. The summed E-state index contributed by atoms with van der Waals surface area (Å²) < 4.78 is 172. The first kappa shape index (κ1) is 111. The van der Waals surface area contributed by atoms with Crippen LogP contribution in [-0.4, -0.2) is 64.7 Å². The SMILES string of the molecule is COC(=O)c1ccc(-c2cc(F)c(OC=O)c(Cl)c2)cc1.COC(=O)c1ccc(-c2ccc(Cl)c(OC=O)c2F)cc1.Cc1cc(C(F)(F)F)cc(C(F)(F)F)c1.Cc1cc(F)c(OC=O)c(Cl)c1.Cc1ccc(Cl)c(OC=O)c1F.Cc1ccc(I)cc1.O=C=O.O=COc1c(F)cccc1Cl.[Ar].[Ar].[Ar].[Ar].[Ar]. The minimum atomic E-state index is -4.76. The van der Waals surface area contributed by atoms with Crippen LogP contribution >= 0.6 is 80.6 Å². The smallest absolute Gasteiger partial charge is 0.416 e. The third-order valence-electron chi connectivity index (χ3n) is 12.2. The number of carbonyl (C=O) groups is 7. The molecule has 0 aliphatic heterocycles. The summed E-state index contributed by atoms with van der Waals surface area (Å²) in [6.45, 7) is 7.15. The molecule has 0 fully saturated rings. The Morgan fingerprint density at radius 2 is 0.750 bits per heavy atom. The number of hydrogen-bond acceptors (Lipinski definition) is 16. The number of aryl methyl sites for hydroxylation is 4. The van der Waals surface area contributed by atoms with Gasteiger partial charge in [-0.3, -0.25) is 24.0 Å². The van der Waals surface area contributed by atoms with E-state index in [2.05, 4.69) is 86.9 Å². The first-order chi connectivity index (χ1) is 48.5. The summed E-state index contributed by atoms with van der Waals surface area (Å²) in [5, 5.41) is 0.241. The quantitative estimate of drug-likeness (QED) is 0.0428. The molecule has 0 unspecified atom stereocenters. The van der Waals surface area contributed by atoms with Crippen LogP contribution in [0.25, 0.3) is 22.3 Å². The van der Waals surface area contributed by atoms with E-state index in [0.29, 0.717) is 51.1 Å². The van der Waals surface area contributed by atoms with Crippen LogP contribution in [0.3, 0.4) is 0 Å². The van der Waals surface area contributed by atoms with E-state index in [4.69, 9.17) is 67.6 Å². The van der Waals surface area contributed by atoms with Gasteiger partial charge in [-0.2, -0.15) is 35.9 Å². The second-order valence-corrected chi connectivity index (χ2v) is 22.6.